The van der Waals surface area contributed by atoms with Crippen LogP contribution in [0.15, 0.2) is 5.16 Å². The number of oxime groups is 1. The number of carbonyl (C=O) groups is 1. The molecule has 0 N–H and O–H groups in total. The lowest BCUT2D eigenvalue weighted by atomic mass is 10.0. The fourth-order valence-electron chi connectivity index (χ4n) is 2.04. The Morgan fingerprint density at radius 3 is 2.89 bits per heavy atom. The maximum absolute atomic E-state index is 12.0. The molecule has 0 bridgehead atoms. The Morgan fingerprint density at radius 1 is 1.67 bits per heavy atom. The van der Waals surface area contributed by atoms with Crippen molar-refractivity contribution in [1.29, 1.82) is 5.26 Å². The summed E-state index contributed by atoms with van der Waals surface area (Å²) in [5.74, 6) is -0.220. The van der Waals surface area contributed by atoms with Gasteiger partial charge >= 0.3 is 6.09 Å². The molecule has 0 aromatic rings. The van der Waals surface area contributed by atoms with Gasteiger partial charge in [0.05, 0.1) is 18.5 Å². The van der Waals surface area contributed by atoms with Crippen LogP contribution in [0.25, 0.3) is 0 Å². The van der Waals surface area contributed by atoms with Crippen LogP contribution in [-0.4, -0.2) is 39.9 Å². The molecule has 2 aliphatic heterocycles. The van der Waals surface area contributed by atoms with E-state index in [0.29, 0.717) is 11.2 Å². The molecule has 18 heavy (non-hydrogen) atoms. The van der Waals surface area contributed by atoms with Crippen LogP contribution in [0.1, 0.15) is 20.8 Å². The Morgan fingerprint density at radius 2 is 2.33 bits per heavy atom. The molecular weight excluding hydrogens is 302 g/mol. The molecule has 1 amide bonds. The maximum Gasteiger partial charge on any atom is 0.411 e. The predicted octanol–water partition coefficient (Wildman–Crippen LogP) is 1.85. The zero-order valence-electron chi connectivity index (χ0n) is 10.4. The van der Waals surface area contributed by atoms with Crippen LogP contribution in [0, 0.1) is 17.2 Å². The lowest BCUT2D eigenvalue weighted by molar-refractivity contribution is 0.0202. The second-order valence-corrected chi connectivity index (χ2v) is 6.10. The molecule has 98 valence electrons. The molecule has 0 aliphatic carbocycles. The summed E-state index contributed by atoms with van der Waals surface area (Å²) in [5, 5.41) is 13.0. The monoisotopic (exact) mass is 315 g/mol. The molecule has 1 fully saturated rings. The molecule has 0 radical (unpaired) electrons. The van der Waals surface area contributed by atoms with Crippen molar-refractivity contribution < 1.29 is 14.4 Å². The summed E-state index contributed by atoms with van der Waals surface area (Å²) in [6, 6.07) is 1.51. The van der Waals surface area contributed by atoms with Crippen molar-refractivity contribution in [3.05, 3.63) is 0 Å². The van der Waals surface area contributed by atoms with Gasteiger partial charge in [-0.05, 0) is 36.7 Å². The second-order valence-electron chi connectivity index (χ2n) is 5.29. The van der Waals surface area contributed by atoms with Crippen LogP contribution in [0.2, 0.25) is 0 Å². The number of hydrogen-bond donors (Lipinski definition) is 0. The summed E-state index contributed by atoms with van der Waals surface area (Å²) in [5.41, 5.74) is -0.582. The molecule has 0 spiro atoms. The molecule has 0 saturated carbocycles. The van der Waals surface area contributed by atoms with Crippen LogP contribution in [0.4, 0.5) is 4.79 Å². The van der Waals surface area contributed by atoms with Crippen molar-refractivity contribution in [3.63, 3.8) is 0 Å². The van der Waals surface area contributed by atoms with Crippen LogP contribution in [0.5, 0.6) is 0 Å². The molecule has 2 rings (SSSR count). The molecule has 2 heterocycles. The van der Waals surface area contributed by atoms with Gasteiger partial charge in [0.1, 0.15) is 16.3 Å². The molecule has 7 heteroatoms. The highest BCUT2D eigenvalue weighted by molar-refractivity contribution is 9.18. The standard InChI is InChI=1S/C11H14BrN3O3/c1-11(2,3)17-10(16)15-5-7-8(6(15)4-13)9(12)14-18-7/h6-8H,5H2,1-3H3/t6-,7+,8-/m0/s1. The van der Waals surface area contributed by atoms with E-state index in [9.17, 15) is 10.1 Å². The molecule has 3 atom stereocenters. The minimum Gasteiger partial charge on any atom is -0.444 e. The van der Waals surface area contributed by atoms with Crippen molar-refractivity contribution in [3.8, 4) is 6.07 Å². The Hall–Kier alpha value is -1.29. The first-order chi connectivity index (χ1) is 8.33. The van der Waals surface area contributed by atoms with E-state index in [-0.39, 0.29) is 12.0 Å². The highest BCUT2D eigenvalue weighted by Gasteiger charge is 2.52. The van der Waals surface area contributed by atoms with Gasteiger partial charge in [-0.3, -0.25) is 4.90 Å². The molecule has 0 unspecified atom stereocenters. The summed E-state index contributed by atoms with van der Waals surface area (Å²) in [4.78, 5) is 18.6. The number of carbonyl (C=O) groups excluding carboxylic acids is 1. The zero-order valence-corrected chi connectivity index (χ0v) is 12.0. The number of halogens is 1. The van der Waals surface area contributed by atoms with Gasteiger partial charge in [0.2, 0.25) is 0 Å². The van der Waals surface area contributed by atoms with E-state index in [1.54, 1.807) is 20.8 Å². The number of nitrogens with zero attached hydrogens (tertiary/aromatic N) is 3. The van der Waals surface area contributed by atoms with Crippen LogP contribution in [0.3, 0.4) is 0 Å². The van der Waals surface area contributed by atoms with E-state index in [1.165, 1.54) is 4.90 Å². The fourth-order valence-corrected chi connectivity index (χ4v) is 2.67. The lowest BCUT2D eigenvalue weighted by Crippen LogP contribution is -2.41. The molecule has 2 aliphatic rings. The van der Waals surface area contributed by atoms with Crippen LogP contribution in [-0.2, 0) is 9.57 Å². The number of fused-ring (bicyclic) bond motifs is 1. The number of rotatable bonds is 0. The average molecular weight is 316 g/mol. The molecule has 6 nitrogen and oxygen atoms in total. The van der Waals surface area contributed by atoms with Crippen molar-refractivity contribution in [2.45, 2.75) is 38.5 Å². The summed E-state index contributed by atoms with van der Waals surface area (Å²) in [6.07, 6.45) is -0.760. The molecule has 0 aromatic heterocycles. The minimum absolute atomic E-state index is 0.220. The second kappa shape index (κ2) is 4.43. The number of ether oxygens (including phenoxy) is 1. The Bertz CT molecular complexity index is 438. The number of likely N-dealkylation sites (tertiary alicyclic amines) is 1. The highest BCUT2D eigenvalue weighted by atomic mass is 79.9. The Balaban J connectivity index is 2.14. The summed E-state index contributed by atoms with van der Waals surface area (Å²) < 4.78 is 5.85. The maximum atomic E-state index is 12.0. The van der Waals surface area contributed by atoms with Crippen molar-refractivity contribution in [2.24, 2.45) is 11.1 Å². The van der Waals surface area contributed by atoms with E-state index in [0.717, 1.165) is 0 Å². The van der Waals surface area contributed by atoms with Gasteiger partial charge in [-0.25, -0.2) is 4.79 Å². The number of hydrogen-bond acceptors (Lipinski definition) is 5. The predicted molar refractivity (Wildman–Crippen MR) is 67.1 cm³/mol. The first kappa shape index (κ1) is 13.1. The molecule has 1 saturated heterocycles. The minimum atomic E-state index is -0.606. The van der Waals surface area contributed by atoms with Gasteiger partial charge in [0.25, 0.3) is 0 Å². The van der Waals surface area contributed by atoms with E-state index in [1.807, 2.05) is 0 Å². The molecular formula is C11H14BrN3O3. The van der Waals surface area contributed by atoms with E-state index >= 15 is 0 Å². The molecule has 0 aromatic carbocycles. The van der Waals surface area contributed by atoms with Gasteiger partial charge in [0.15, 0.2) is 6.10 Å². The summed E-state index contributed by atoms with van der Waals surface area (Å²) in [6.45, 7) is 5.68. The number of nitriles is 1. The van der Waals surface area contributed by atoms with Gasteiger partial charge in [-0.2, -0.15) is 5.26 Å². The topological polar surface area (TPSA) is 74.9 Å². The smallest absolute Gasteiger partial charge is 0.411 e. The third kappa shape index (κ3) is 2.29. The SMILES string of the molecule is CC(C)(C)OC(=O)N1C[C@H]2ON=C(Br)[C@H]2[C@@H]1C#N. The lowest BCUT2D eigenvalue weighted by Gasteiger charge is -2.26. The van der Waals surface area contributed by atoms with Crippen molar-refractivity contribution in [1.82, 2.24) is 4.90 Å². The zero-order chi connectivity index (χ0) is 13.5. The van der Waals surface area contributed by atoms with E-state index < -0.39 is 17.7 Å². The highest BCUT2D eigenvalue weighted by Crippen LogP contribution is 2.35. The quantitative estimate of drug-likeness (QED) is 0.683. The van der Waals surface area contributed by atoms with Gasteiger partial charge in [-0.1, -0.05) is 5.16 Å². The third-order valence-electron chi connectivity index (χ3n) is 2.76. The largest absolute Gasteiger partial charge is 0.444 e. The van der Waals surface area contributed by atoms with Crippen LogP contribution >= 0.6 is 15.9 Å². The average Bonchev–Trinajstić information content (AvgIpc) is 2.76. The first-order valence-corrected chi connectivity index (χ1v) is 6.41. The van der Waals surface area contributed by atoms with E-state index in [4.69, 9.17) is 9.57 Å². The first-order valence-electron chi connectivity index (χ1n) is 5.62. The summed E-state index contributed by atoms with van der Waals surface area (Å²) >= 11 is 3.26. The fraction of sp³-hybridized carbons (Fsp3) is 0.727. The van der Waals surface area contributed by atoms with Gasteiger partial charge in [0, 0.05) is 0 Å². The van der Waals surface area contributed by atoms with Gasteiger partial charge < -0.3 is 9.57 Å². The number of amides is 1. The van der Waals surface area contributed by atoms with Crippen molar-refractivity contribution >= 4 is 26.6 Å². The normalized spacial score (nSPS) is 30.3. The van der Waals surface area contributed by atoms with Crippen molar-refractivity contribution in [2.75, 3.05) is 6.54 Å². The Labute approximate surface area is 114 Å². The van der Waals surface area contributed by atoms with E-state index in [2.05, 4.69) is 27.2 Å². The van der Waals surface area contributed by atoms with Crippen LogP contribution < -0.4 is 0 Å². The Kier molecular flexibility index (Phi) is 3.23. The van der Waals surface area contributed by atoms with Gasteiger partial charge in [-0.15, -0.1) is 0 Å². The summed E-state index contributed by atoms with van der Waals surface area (Å²) in [7, 11) is 0. The third-order valence-corrected chi connectivity index (χ3v) is 3.44.